The Labute approximate surface area is 136 Å². The summed E-state index contributed by atoms with van der Waals surface area (Å²) >= 11 is 0. The van der Waals surface area contributed by atoms with Gasteiger partial charge in [0.25, 0.3) is 5.91 Å². The number of methoxy groups -OCH3 is 1. The number of amides is 2. The smallest absolute Gasteiger partial charge is 0.412 e. The monoisotopic (exact) mass is 324 g/mol. The molecular weight excluding hydrogens is 300 g/mol. The molecule has 0 heterocycles. The fourth-order valence-corrected chi connectivity index (χ4v) is 1.75. The molecule has 0 radical (unpaired) electrons. The average Bonchev–Trinajstić information content (AvgIpc) is 2.44. The van der Waals surface area contributed by atoms with Gasteiger partial charge in [-0.1, -0.05) is 0 Å². The fraction of sp³-hybridized carbons (Fsp3) is 0.500. The van der Waals surface area contributed by atoms with Crippen molar-refractivity contribution in [1.82, 2.24) is 0 Å². The van der Waals surface area contributed by atoms with Gasteiger partial charge in [0.05, 0.1) is 0 Å². The van der Waals surface area contributed by atoms with E-state index in [1.54, 1.807) is 45.0 Å². The minimum Gasteiger partial charge on any atom is -0.444 e. The van der Waals surface area contributed by atoms with Crippen molar-refractivity contribution < 1.29 is 24.2 Å². The van der Waals surface area contributed by atoms with E-state index in [2.05, 4.69) is 10.6 Å². The number of carbonyl (C=O) groups excluding carboxylic acids is 2. The van der Waals surface area contributed by atoms with Crippen LogP contribution >= 0.6 is 0 Å². The zero-order valence-electron chi connectivity index (χ0n) is 13.9. The first kappa shape index (κ1) is 18.9. The Morgan fingerprint density at radius 2 is 1.65 bits per heavy atom. The lowest BCUT2D eigenvalue weighted by atomic mass is 10.2. The maximum Gasteiger partial charge on any atom is 0.412 e. The highest BCUT2D eigenvalue weighted by Crippen LogP contribution is 2.16. The van der Waals surface area contributed by atoms with Gasteiger partial charge in [-0.2, -0.15) is 0 Å². The maximum atomic E-state index is 11.9. The molecule has 1 rings (SSSR count). The highest BCUT2D eigenvalue weighted by Gasteiger charge is 2.18. The van der Waals surface area contributed by atoms with Crippen LogP contribution in [0.15, 0.2) is 24.3 Å². The maximum absolute atomic E-state index is 11.9. The van der Waals surface area contributed by atoms with Crippen molar-refractivity contribution in [2.45, 2.75) is 38.9 Å². The molecule has 1 aromatic rings. The minimum absolute atomic E-state index is 0.134. The summed E-state index contributed by atoms with van der Waals surface area (Å²) in [4.78, 5) is 23.6. The van der Waals surface area contributed by atoms with Crippen molar-refractivity contribution in [3.05, 3.63) is 24.3 Å². The van der Waals surface area contributed by atoms with Crippen LogP contribution in [0.3, 0.4) is 0 Å². The van der Waals surface area contributed by atoms with E-state index in [1.807, 2.05) is 0 Å². The van der Waals surface area contributed by atoms with E-state index in [4.69, 9.17) is 14.6 Å². The molecule has 0 aliphatic heterocycles. The molecular formula is C16H24N2O5. The van der Waals surface area contributed by atoms with Gasteiger partial charge in [0.1, 0.15) is 11.7 Å². The predicted molar refractivity (Wildman–Crippen MR) is 87.4 cm³/mol. The van der Waals surface area contributed by atoms with Gasteiger partial charge in [-0.05, 0) is 45.0 Å². The highest BCUT2D eigenvalue weighted by atomic mass is 16.6. The van der Waals surface area contributed by atoms with E-state index in [0.29, 0.717) is 11.4 Å². The molecule has 23 heavy (non-hydrogen) atoms. The van der Waals surface area contributed by atoms with Crippen LogP contribution in [0.5, 0.6) is 0 Å². The van der Waals surface area contributed by atoms with Crippen LogP contribution in [0.25, 0.3) is 0 Å². The molecule has 1 atom stereocenters. The number of aliphatic hydroxyl groups excluding tert-OH is 1. The van der Waals surface area contributed by atoms with Gasteiger partial charge in [-0.25, -0.2) is 4.79 Å². The van der Waals surface area contributed by atoms with E-state index in [0.717, 1.165) is 0 Å². The fourth-order valence-electron chi connectivity index (χ4n) is 1.75. The van der Waals surface area contributed by atoms with Crippen molar-refractivity contribution >= 4 is 23.4 Å². The van der Waals surface area contributed by atoms with E-state index in [-0.39, 0.29) is 18.9 Å². The number of aliphatic hydroxyl groups is 1. The second-order valence-electron chi connectivity index (χ2n) is 5.93. The highest BCUT2D eigenvalue weighted by molar-refractivity contribution is 5.94. The Balaban J connectivity index is 2.59. The first-order valence-electron chi connectivity index (χ1n) is 7.29. The number of rotatable bonds is 6. The van der Waals surface area contributed by atoms with Crippen molar-refractivity contribution in [3.8, 4) is 0 Å². The molecule has 7 nitrogen and oxygen atoms in total. The number of hydrogen-bond acceptors (Lipinski definition) is 5. The summed E-state index contributed by atoms with van der Waals surface area (Å²) in [5.41, 5.74) is 0.542. The summed E-state index contributed by atoms with van der Waals surface area (Å²) in [6.45, 7) is 5.21. The molecule has 7 heteroatoms. The van der Waals surface area contributed by atoms with Crippen molar-refractivity contribution in [1.29, 1.82) is 0 Å². The van der Waals surface area contributed by atoms with Crippen molar-refractivity contribution in [2.24, 2.45) is 0 Å². The lowest BCUT2D eigenvalue weighted by molar-refractivity contribution is -0.126. The number of ether oxygens (including phenoxy) is 2. The molecule has 0 fully saturated rings. The summed E-state index contributed by atoms with van der Waals surface area (Å²) in [6, 6.07) is 6.59. The van der Waals surface area contributed by atoms with E-state index < -0.39 is 17.8 Å². The molecule has 2 amide bonds. The Hall–Kier alpha value is -2.12. The zero-order chi connectivity index (χ0) is 17.5. The molecule has 0 aliphatic carbocycles. The van der Waals surface area contributed by atoms with Gasteiger partial charge in [-0.15, -0.1) is 0 Å². The summed E-state index contributed by atoms with van der Waals surface area (Å²) in [5.74, 6) is -0.339. The topological polar surface area (TPSA) is 96.9 Å². The van der Waals surface area contributed by atoms with Crippen LogP contribution < -0.4 is 10.6 Å². The first-order chi connectivity index (χ1) is 10.7. The van der Waals surface area contributed by atoms with Crippen LogP contribution in [0.4, 0.5) is 16.2 Å². The number of nitrogens with one attached hydrogen (secondary N) is 2. The van der Waals surface area contributed by atoms with Crippen LogP contribution in [-0.4, -0.2) is 42.5 Å². The summed E-state index contributed by atoms with van der Waals surface area (Å²) in [6.07, 6.45) is -1.03. The van der Waals surface area contributed by atoms with Gasteiger partial charge in [-0.3, -0.25) is 10.1 Å². The second-order valence-corrected chi connectivity index (χ2v) is 5.93. The van der Waals surface area contributed by atoms with Gasteiger partial charge in [0.15, 0.2) is 0 Å². The standard InChI is InChI=1S/C16H24N2O5/c1-16(2,3)23-15(21)18-12-7-5-11(6-8-12)17-14(20)13(22-4)9-10-19/h5-8,13,19H,9-10H2,1-4H3,(H,17,20)(H,18,21)/t13-/m1/s1. The SMILES string of the molecule is CO[C@H](CCO)C(=O)Nc1ccc(NC(=O)OC(C)(C)C)cc1. The average molecular weight is 324 g/mol. The Kier molecular flexibility index (Phi) is 6.99. The lowest BCUT2D eigenvalue weighted by Gasteiger charge is -2.19. The third kappa shape index (κ3) is 7.12. The lowest BCUT2D eigenvalue weighted by Crippen LogP contribution is -2.30. The number of carbonyl (C=O) groups is 2. The molecule has 1 aromatic carbocycles. The third-order valence-electron chi connectivity index (χ3n) is 2.77. The van der Waals surface area contributed by atoms with E-state index in [1.165, 1.54) is 7.11 Å². The largest absolute Gasteiger partial charge is 0.444 e. The number of anilines is 2. The number of hydrogen-bond donors (Lipinski definition) is 3. The van der Waals surface area contributed by atoms with Crippen molar-refractivity contribution in [2.75, 3.05) is 24.4 Å². The Morgan fingerprint density at radius 1 is 1.13 bits per heavy atom. The third-order valence-corrected chi connectivity index (χ3v) is 2.77. The first-order valence-corrected chi connectivity index (χ1v) is 7.29. The molecule has 0 spiro atoms. The molecule has 0 saturated heterocycles. The Bertz CT molecular complexity index is 522. The molecule has 0 unspecified atom stereocenters. The van der Waals surface area contributed by atoms with Crippen LogP contribution in [0.1, 0.15) is 27.2 Å². The summed E-state index contributed by atoms with van der Waals surface area (Å²) < 4.78 is 10.2. The van der Waals surface area contributed by atoms with Crippen LogP contribution in [0, 0.1) is 0 Å². The summed E-state index contributed by atoms with van der Waals surface area (Å²) in [7, 11) is 1.41. The predicted octanol–water partition coefficient (Wildman–Crippen LogP) is 2.37. The summed E-state index contributed by atoms with van der Waals surface area (Å²) in [5, 5.41) is 14.2. The zero-order valence-corrected chi connectivity index (χ0v) is 13.9. The van der Waals surface area contributed by atoms with Gasteiger partial charge in [0, 0.05) is 31.5 Å². The quantitative estimate of drug-likeness (QED) is 0.746. The van der Waals surface area contributed by atoms with Gasteiger partial charge in [0.2, 0.25) is 0 Å². The van der Waals surface area contributed by atoms with Crippen LogP contribution in [-0.2, 0) is 14.3 Å². The van der Waals surface area contributed by atoms with Crippen LogP contribution in [0.2, 0.25) is 0 Å². The van der Waals surface area contributed by atoms with E-state index in [9.17, 15) is 9.59 Å². The van der Waals surface area contributed by atoms with Gasteiger partial charge >= 0.3 is 6.09 Å². The molecule has 128 valence electrons. The molecule has 0 aromatic heterocycles. The number of benzene rings is 1. The molecule has 0 saturated carbocycles. The van der Waals surface area contributed by atoms with Gasteiger partial charge < -0.3 is 19.9 Å². The molecule has 3 N–H and O–H groups in total. The molecule has 0 bridgehead atoms. The minimum atomic E-state index is -0.709. The van der Waals surface area contributed by atoms with Crippen molar-refractivity contribution in [3.63, 3.8) is 0 Å². The van der Waals surface area contributed by atoms with E-state index >= 15 is 0 Å². The Morgan fingerprint density at radius 3 is 2.09 bits per heavy atom. The molecule has 0 aliphatic rings. The normalized spacial score (nSPS) is 12.4. The second kappa shape index (κ2) is 8.50.